The van der Waals surface area contributed by atoms with Gasteiger partial charge in [0.2, 0.25) is 5.69 Å². The Morgan fingerprint density at radius 3 is 2.43 bits per heavy atom. The van der Waals surface area contributed by atoms with Crippen molar-refractivity contribution >= 4 is 28.9 Å². The third-order valence-corrected chi connectivity index (χ3v) is 4.86. The summed E-state index contributed by atoms with van der Waals surface area (Å²) < 4.78 is 4.14. The lowest BCUT2D eigenvalue weighted by molar-refractivity contribution is -0.672. The van der Waals surface area contributed by atoms with E-state index in [1.165, 1.54) is 11.3 Å². The summed E-state index contributed by atoms with van der Waals surface area (Å²) in [5.74, 6) is 0.881. The Kier molecular flexibility index (Phi) is 4.65. The Morgan fingerprint density at radius 1 is 0.929 bits per heavy atom. The van der Waals surface area contributed by atoms with Crippen molar-refractivity contribution in [1.82, 2.24) is 9.97 Å². The molecule has 0 amide bonds. The summed E-state index contributed by atoms with van der Waals surface area (Å²) >= 11 is 0. The molecule has 0 saturated carbocycles. The number of nitrogens with one attached hydrogen (secondary N) is 1. The maximum Gasteiger partial charge on any atom is 0.204 e. The normalized spacial score (nSPS) is 11.4. The number of fused-ring (bicyclic) bond motifs is 1. The van der Waals surface area contributed by atoms with Crippen molar-refractivity contribution in [2.45, 2.75) is 0 Å². The van der Waals surface area contributed by atoms with Gasteiger partial charge in [-0.05, 0) is 29.8 Å². The molecule has 0 unspecified atom stereocenters. The summed E-state index contributed by atoms with van der Waals surface area (Å²) in [7, 11) is 8.17. The van der Waals surface area contributed by atoms with E-state index in [-0.39, 0.29) is 0 Å². The molecule has 0 saturated heterocycles. The van der Waals surface area contributed by atoms with Crippen LogP contribution >= 0.6 is 0 Å². The number of aryl methyl sites for hydroxylation is 2. The van der Waals surface area contributed by atoms with Crippen LogP contribution in [0.3, 0.4) is 0 Å². The fourth-order valence-electron chi connectivity index (χ4n) is 3.19. The number of H-pyrrole nitrogens is 1. The topological polar surface area (TPSA) is 39.7 Å². The minimum Gasteiger partial charge on any atom is -0.378 e. The fourth-order valence-corrected chi connectivity index (χ4v) is 3.19. The van der Waals surface area contributed by atoms with E-state index in [1.807, 2.05) is 30.1 Å². The highest BCUT2D eigenvalue weighted by Gasteiger charge is 2.12. The number of hydrogen-bond donors (Lipinski definition) is 1. The van der Waals surface area contributed by atoms with Crippen LogP contribution in [0.25, 0.3) is 34.6 Å². The van der Waals surface area contributed by atoms with Crippen molar-refractivity contribution in [3.05, 3.63) is 72.3 Å². The first-order valence-corrected chi connectivity index (χ1v) is 9.30. The zero-order valence-corrected chi connectivity index (χ0v) is 16.7. The van der Waals surface area contributed by atoms with Crippen LogP contribution in [-0.4, -0.2) is 24.1 Å². The van der Waals surface area contributed by atoms with Gasteiger partial charge < -0.3 is 9.88 Å². The van der Waals surface area contributed by atoms with E-state index in [1.54, 1.807) is 0 Å². The number of hydrogen-bond acceptors (Lipinski definition) is 2. The predicted octanol–water partition coefficient (Wildman–Crippen LogP) is 3.12. The molecule has 0 radical (unpaired) electrons. The van der Waals surface area contributed by atoms with Crippen molar-refractivity contribution in [2.24, 2.45) is 14.1 Å². The van der Waals surface area contributed by atoms with Gasteiger partial charge in [0.1, 0.15) is 31.0 Å². The van der Waals surface area contributed by atoms with Gasteiger partial charge in [0, 0.05) is 38.0 Å². The van der Waals surface area contributed by atoms with Crippen LogP contribution in [-0.2, 0) is 14.1 Å². The lowest BCUT2D eigenvalue weighted by atomic mass is 10.1. The average molecular weight is 371 g/mol. The number of pyridine rings is 2. The average Bonchev–Trinajstić information content (AvgIpc) is 3.10. The first kappa shape index (κ1) is 17.9. The van der Waals surface area contributed by atoms with Gasteiger partial charge in [-0.3, -0.25) is 0 Å². The molecule has 4 rings (SSSR count). The van der Waals surface area contributed by atoms with Gasteiger partial charge in [0.05, 0.1) is 5.56 Å². The number of benzene rings is 1. The molecule has 3 heterocycles. The number of aromatic nitrogens is 4. The highest BCUT2D eigenvalue weighted by Crippen LogP contribution is 2.19. The van der Waals surface area contributed by atoms with Crippen molar-refractivity contribution in [1.29, 1.82) is 0 Å². The van der Waals surface area contributed by atoms with E-state index in [4.69, 9.17) is 4.98 Å². The molecule has 0 aliphatic carbocycles. The summed E-state index contributed by atoms with van der Waals surface area (Å²) in [5, 5.41) is 0. The molecule has 0 aliphatic rings. The minimum absolute atomic E-state index is 0.881. The molecule has 0 bridgehead atoms. The lowest BCUT2D eigenvalue weighted by Crippen LogP contribution is -2.31. The van der Waals surface area contributed by atoms with E-state index in [2.05, 4.69) is 90.3 Å². The van der Waals surface area contributed by atoms with Gasteiger partial charge in [-0.25, -0.2) is 14.1 Å². The van der Waals surface area contributed by atoms with Crippen molar-refractivity contribution in [3.63, 3.8) is 0 Å². The summed E-state index contributed by atoms with van der Waals surface area (Å²) in [6, 6.07) is 14.8. The highest BCUT2D eigenvalue weighted by molar-refractivity contribution is 5.77. The summed E-state index contributed by atoms with van der Waals surface area (Å²) in [6.45, 7) is 0. The first-order chi connectivity index (χ1) is 13.5. The number of rotatable bonds is 4. The van der Waals surface area contributed by atoms with Crippen LogP contribution in [0.5, 0.6) is 0 Å². The van der Waals surface area contributed by atoms with Crippen molar-refractivity contribution < 1.29 is 9.13 Å². The Labute approximate surface area is 165 Å². The van der Waals surface area contributed by atoms with Crippen molar-refractivity contribution in [3.8, 4) is 11.4 Å². The van der Waals surface area contributed by atoms with Gasteiger partial charge >= 0.3 is 0 Å². The molecular formula is C23H25N5+2. The molecule has 5 nitrogen and oxygen atoms in total. The van der Waals surface area contributed by atoms with Gasteiger partial charge in [-0.2, -0.15) is 0 Å². The molecule has 0 aliphatic heterocycles. The molecule has 28 heavy (non-hydrogen) atoms. The number of imidazole rings is 1. The standard InChI is InChI=1S/C23H24N5/c1-26(2)19-9-5-17(6-10-19)7-11-20-12-8-18(15-28(20)4)23-24-21-13-14-27(3)16-22(21)25-23/h5-16H,1-4H3/q+1/p+1. The molecule has 1 aromatic carbocycles. The van der Waals surface area contributed by atoms with Crippen LogP contribution in [0.4, 0.5) is 5.69 Å². The maximum atomic E-state index is 4.71. The molecule has 0 spiro atoms. The van der Waals surface area contributed by atoms with Crippen LogP contribution in [0.2, 0.25) is 0 Å². The quantitative estimate of drug-likeness (QED) is 0.560. The van der Waals surface area contributed by atoms with E-state index >= 15 is 0 Å². The van der Waals surface area contributed by atoms with E-state index in [0.29, 0.717) is 0 Å². The third kappa shape index (κ3) is 3.64. The Bertz CT molecular complexity index is 1150. The Balaban J connectivity index is 1.58. The lowest BCUT2D eigenvalue weighted by Gasteiger charge is -2.11. The second kappa shape index (κ2) is 7.27. The smallest absolute Gasteiger partial charge is 0.204 e. The zero-order valence-electron chi connectivity index (χ0n) is 16.7. The van der Waals surface area contributed by atoms with Crippen molar-refractivity contribution in [2.75, 3.05) is 19.0 Å². The fraction of sp³-hybridized carbons (Fsp3) is 0.174. The van der Waals surface area contributed by atoms with Gasteiger partial charge in [0.15, 0.2) is 18.6 Å². The second-order valence-corrected chi connectivity index (χ2v) is 7.27. The van der Waals surface area contributed by atoms with Crippen LogP contribution in [0, 0.1) is 0 Å². The molecule has 1 N–H and O–H groups in total. The van der Waals surface area contributed by atoms with E-state index in [0.717, 1.165) is 28.1 Å². The van der Waals surface area contributed by atoms with Crippen LogP contribution < -0.4 is 14.0 Å². The van der Waals surface area contributed by atoms with Gasteiger partial charge in [-0.15, -0.1) is 0 Å². The van der Waals surface area contributed by atoms with Gasteiger partial charge in [0.25, 0.3) is 0 Å². The first-order valence-electron chi connectivity index (χ1n) is 9.30. The molecule has 3 aromatic heterocycles. The molecule has 140 valence electrons. The second-order valence-electron chi connectivity index (χ2n) is 7.27. The summed E-state index contributed by atoms with van der Waals surface area (Å²) in [4.78, 5) is 10.2. The summed E-state index contributed by atoms with van der Waals surface area (Å²) in [5.41, 5.74) is 6.58. The third-order valence-electron chi connectivity index (χ3n) is 4.86. The zero-order chi connectivity index (χ0) is 19.7. The Morgan fingerprint density at radius 2 is 1.71 bits per heavy atom. The molecule has 5 heteroatoms. The van der Waals surface area contributed by atoms with Gasteiger partial charge in [-0.1, -0.05) is 12.1 Å². The summed E-state index contributed by atoms with van der Waals surface area (Å²) in [6.07, 6.45) is 10.4. The van der Waals surface area contributed by atoms with E-state index < -0.39 is 0 Å². The molecule has 4 aromatic rings. The SMILES string of the molecule is CN(C)c1ccc(/C=C/c2ccc(-c3nc4cc[n+](C)cc4[nH]3)c[n+]2C)cc1. The number of aromatic amines is 1. The minimum atomic E-state index is 0.881. The Hall–Kier alpha value is -3.47. The van der Waals surface area contributed by atoms with Crippen LogP contribution in [0.1, 0.15) is 11.3 Å². The maximum absolute atomic E-state index is 4.71. The molecule has 0 fully saturated rings. The molecule has 0 atom stereocenters. The monoisotopic (exact) mass is 371 g/mol. The number of nitrogens with zero attached hydrogens (tertiary/aromatic N) is 4. The highest BCUT2D eigenvalue weighted by atomic mass is 15.1. The molecular weight excluding hydrogens is 346 g/mol. The van der Waals surface area contributed by atoms with Crippen LogP contribution in [0.15, 0.2) is 61.1 Å². The largest absolute Gasteiger partial charge is 0.378 e. The number of anilines is 1. The van der Waals surface area contributed by atoms with E-state index in [9.17, 15) is 0 Å². The predicted molar refractivity (Wildman–Crippen MR) is 114 cm³/mol.